The van der Waals surface area contributed by atoms with Crippen LogP contribution in [0.25, 0.3) is 0 Å². The Morgan fingerprint density at radius 2 is 1.90 bits per heavy atom. The molecule has 3 heteroatoms. The number of hydrogen-bond donors (Lipinski definition) is 2. The van der Waals surface area contributed by atoms with Crippen molar-refractivity contribution in [1.29, 1.82) is 0 Å². The number of carboxylic acids is 1. The van der Waals surface area contributed by atoms with E-state index in [1.165, 1.54) is 29.5 Å². The SMILES string of the molecule is NC(CC1(CC(=O)O)CCCC1)c1ccc2c(c1)CCC2. The second kappa shape index (κ2) is 5.80. The first-order valence-corrected chi connectivity index (χ1v) is 8.17. The summed E-state index contributed by atoms with van der Waals surface area (Å²) in [6.07, 6.45) is 8.98. The van der Waals surface area contributed by atoms with Crippen molar-refractivity contribution < 1.29 is 9.90 Å². The van der Waals surface area contributed by atoms with E-state index < -0.39 is 5.97 Å². The summed E-state index contributed by atoms with van der Waals surface area (Å²) >= 11 is 0. The molecule has 0 aromatic heterocycles. The van der Waals surface area contributed by atoms with Crippen molar-refractivity contribution in [3.8, 4) is 0 Å². The highest BCUT2D eigenvalue weighted by atomic mass is 16.4. The summed E-state index contributed by atoms with van der Waals surface area (Å²) in [5, 5.41) is 9.21. The molecule has 1 aromatic carbocycles. The van der Waals surface area contributed by atoms with Gasteiger partial charge in [-0.25, -0.2) is 0 Å². The van der Waals surface area contributed by atoms with Crippen LogP contribution in [-0.4, -0.2) is 11.1 Å². The summed E-state index contributed by atoms with van der Waals surface area (Å²) < 4.78 is 0. The van der Waals surface area contributed by atoms with E-state index in [2.05, 4.69) is 18.2 Å². The second-order valence-electron chi connectivity index (χ2n) is 6.97. The number of carbonyl (C=O) groups is 1. The van der Waals surface area contributed by atoms with Crippen LogP contribution in [0.1, 0.15) is 67.7 Å². The molecule has 1 aromatic rings. The van der Waals surface area contributed by atoms with Gasteiger partial charge in [-0.1, -0.05) is 31.0 Å². The smallest absolute Gasteiger partial charge is 0.303 e. The lowest BCUT2D eigenvalue weighted by atomic mass is 9.76. The minimum absolute atomic E-state index is 0.0339. The van der Waals surface area contributed by atoms with Crippen LogP contribution in [0.15, 0.2) is 18.2 Å². The van der Waals surface area contributed by atoms with Gasteiger partial charge in [-0.2, -0.15) is 0 Å². The number of carboxylic acid groups (broad SMARTS) is 1. The van der Waals surface area contributed by atoms with E-state index in [0.29, 0.717) is 0 Å². The molecule has 1 fully saturated rings. The first-order valence-electron chi connectivity index (χ1n) is 8.17. The summed E-state index contributed by atoms with van der Waals surface area (Å²) in [7, 11) is 0. The maximum atomic E-state index is 11.2. The van der Waals surface area contributed by atoms with E-state index in [-0.39, 0.29) is 17.9 Å². The average Bonchev–Trinajstić information content (AvgIpc) is 3.06. The lowest BCUT2D eigenvalue weighted by Gasteiger charge is -2.30. The van der Waals surface area contributed by atoms with Crippen molar-refractivity contribution >= 4 is 5.97 Å². The van der Waals surface area contributed by atoms with E-state index in [1.54, 1.807) is 0 Å². The highest BCUT2D eigenvalue weighted by Crippen LogP contribution is 2.46. The van der Waals surface area contributed by atoms with Crippen LogP contribution >= 0.6 is 0 Å². The van der Waals surface area contributed by atoms with Crippen molar-refractivity contribution in [3.63, 3.8) is 0 Å². The third-order valence-corrected chi connectivity index (χ3v) is 5.39. The van der Waals surface area contributed by atoms with Gasteiger partial charge >= 0.3 is 5.97 Å². The number of aliphatic carboxylic acids is 1. The van der Waals surface area contributed by atoms with E-state index >= 15 is 0 Å². The van der Waals surface area contributed by atoms with Crippen LogP contribution < -0.4 is 5.73 Å². The molecule has 2 aliphatic rings. The van der Waals surface area contributed by atoms with Gasteiger partial charge in [0.2, 0.25) is 0 Å². The van der Waals surface area contributed by atoms with Gasteiger partial charge in [-0.05, 0) is 60.6 Å². The largest absolute Gasteiger partial charge is 0.481 e. The molecule has 1 atom stereocenters. The van der Waals surface area contributed by atoms with Crippen molar-refractivity contribution in [3.05, 3.63) is 34.9 Å². The Morgan fingerprint density at radius 3 is 2.62 bits per heavy atom. The third kappa shape index (κ3) is 3.13. The summed E-state index contributed by atoms with van der Waals surface area (Å²) in [5.74, 6) is -0.682. The number of nitrogens with two attached hydrogens (primary N) is 1. The molecule has 0 aliphatic heterocycles. The van der Waals surface area contributed by atoms with Gasteiger partial charge in [0.05, 0.1) is 6.42 Å². The van der Waals surface area contributed by atoms with Crippen LogP contribution in [-0.2, 0) is 17.6 Å². The average molecular weight is 287 g/mol. The fraction of sp³-hybridized carbons (Fsp3) is 0.611. The summed E-state index contributed by atoms with van der Waals surface area (Å²) in [6, 6.07) is 6.60. The van der Waals surface area contributed by atoms with Crippen molar-refractivity contribution in [2.24, 2.45) is 11.1 Å². The van der Waals surface area contributed by atoms with Crippen LogP contribution in [0, 0.1) is 5.41 Å². The maximum Gasteiger partial charge on any atom is 0.303 e. The molecule has 0 spiro atoms. The third-order valence-electron chi connectivity index (χ3n) is 5.39. The predicted molar refractivity (Wildman–Crippen MR) is 83.2 cm³/mol. The van der Waals surface area contributed by atoms with Gasteiger partial charge in [0, 0.05) is 6.04 Å². The molecule has 2 aliphatic carbocycles. The monoisotopic (exact) mass is 287 g/mol. The number of aryl methyl sites for hydroxylation is 2. The zero-order valence-corrected chi connectivity index (χ0v) is 12.6. The van der Waals surface area contributed by atoms with Crippen molar-refractivity contribution in [2.75, 3.05) is 0 Å². The predicted octanol–water partition coefficient (Wildman–Crippen LogP) is 3.60. The molecule has 0 bridgehead atoms. The van der Waals surface area contributed by atoms with Crippen LogP contribution in [0.5, 0.6) is 0 Å². The molecule has 1 saturated carbocycles. The molecule has 3 nitrogen and oxygen atoms in total. The van der Waals surface area contributed by atoms with Gasteiger partial charge in [-0.3, -0.25) is 4.79 Å². The zero-order chi connectivity index (χ0) is 14.9. The van der Waals surface area contributed by atoms with Gasteiger partial charge in [0.15, 0.2) is 0 Å². The fourth-order valence-corrected chi connectivity index (χ4v) is 4.31. The lowest BCUT2D eigenvalue weighted by Crippen LogP contribution is -2.27. The Bertz CT molecular complexity index is 532. The standard InChI is InChI=1S/C18H25NO2/c19-16(11-18(12-17(20)21)8-1-2-9-18)15-7-6-13-4-3-5-14(13)10-15/h6-7,10,16H,1-5,8-9,11-12,19H2,(H,20,21). The van der Waals surface area contributed by atoms with Crippen LogP contribution in [0.2, 0.25) is 0 Å². The number of rotatable bonds is 5. The molecule has 3 N–H and O–H groups in total. The van der Waals surface area contributed by atoms with Gasteiger partial charge in [0.25, 0.3) is 0 Å². The second-order valence-corrected chi connectivity index (χ2v) is 6.97. The van der Waals surface area contributed by atoms with E-state index in [4.69, 9.17) is 5.73 Å². The van der Waals surface area contributed by atoms with Gasteiger partial charge in [-0.15, -0.1) is 0 Å². The topological polar surface area (TPSA) is 63.3 Å². The highest BCUT2D eigenvalue weighted by Gasteiger charge is 2.37. The normalized spacial score (nSPS) is 21.2. The number of hydrogen-bond acceptors (Lipinski definition) is 2. The quantitative estimate of drug-likeness (QED) is 0.869. The summed E-state index contributed by atoms with van der Waals surface area (Å²) in [6.45, 7) is 0. The van der Waals surface area contributed by atoms with Crippen LogP contribution in [0.4, 0.5) is 0 Å². The van der Waals surface area contributed by atoms with Gasteiger partial charge < -0.3 is 10.8 Å². The molecule has 1 unspecified atom stereocenters. The molecular weight excluding hydrogens is 262 g/mol. The number of benzene rings is 1. The minimum atomic E-state index is -0.682. The van der Waals surface area contributed by atoms with E-state index in [0.717, 1.165) is 38.5 Å². The molecule has 0 saturated heterocycles. The van der Waals surface area contributed by atoms with E-state index in [9.17, 15) is 9.90 Å². The molecule has 114 valence electrons. The Morgan fingerprint density at radius 1 is 1.19 bits per heavy atom. The fourth-order valence-electron chi connectivity index (χ4n) is 4.31. The molecule has 3 rings (SSSR count). The first-order chi connectivity index (χ1) is 10.1. The van der Waals surface area contributed by atoms with Gasteiger partial charge in [0.1, 0.15) is 0 Å². The first kappa shape index (κ1) is 14.6. The highest BCUT2D eigenvalue weighted by molar-refractivity contribution is 5.67. The Hall–Kier alpha value is -1.35. The molecule has 0 heterocycles. The number of fused-ring (bicyclic) bond motifs is 1. The Labute approximate surface area is 126 Å². The van der Waals surface area contributed by atoms with Crippen LogP contribution in [0.3, 0.4) is 0 Å². The molecule has 0 amide bonds. The minimum Gasteiger partial charge on any atom is -0.481 e. The summed E-state index contributed by atoms with van der Waals surface area (Å²) in [5.41, 5.74) is 10.5. The molecule has 0 radical (unpaired) electrons. The lowest BCUT2D eigenvalue weighted by molar-refractivity contribution is -0.139. The summed E-state index contributed by atoms with van der Waals surface area (Å²) in [4.78, 5) is 11.2. The van der Waals surface area contributed by atoms with Crippen molar-refractivity contribution in [1.82, 2.24) is 0 Å². The molecular formula is C18H25NO2. The molecule has 21 heavy (non-hydrogen) atoms. The Balaban J connectivity index is 1.75. The zero-order valence-electron chi connectivity index (χ0n) is 12.6. The van der Waals surface area contributed by atoms with Crippen molar-refractivity contribution in [2.45, 2.75) is 63.8 Å². The maximum absolute atomic E-state index is 11.2. The Kier molecular flexibility index (Phi) is 4.03. The van der Waals surface area contributed by atoms with E-state index in [1.807, 2.05) is 0 Å².